The van der Waals surface area contributed by atoms with Crippen molar-refractivity contribution in [1.82, 2.24) is 0 Å². The number of anilines is 2. The summed E-state index contributed by atoms with van der Waals surface area (Å²) in [5, 5.41) is 3.53. The van der Waals surface area contributed by atoms with E-state index in [-0.39, 0.29) is 12.1 Å². The van der Waals surface area contributed by atoms with Crippen LogP contribution < -0.4 is 15.0 Å². The molecule has 0 saturated heterocycles. The molecule has 0 aromatic heterocycles. The molecular weight excluding hydrogens is 312 g/mol. The monoisotopic (exact) mass is 330 g/mol. The highest BCUT2D eigenvalue weighted by Crippen LogP contribution is 2.36. The number of carbonyl (C=O) groups is 1. The van der Waals surface area contributed by atoms with E-state index in [1.165, 1.54) is 0 Å². The Labute approximate surface area is 141 Å². The first kappa shape index (κ1) is 15.7. The Kier molecular flexibility index (Phi) is 4.44. The fourth-order valence-electron chi connectivity index (χ4n) is 2.64. The minimum atomic E-state index is -0.180. The number of aryl methyl sites for hydroxylation is 1. The Morgan fingerprint density at radius 2 is 2.17 bits per heavy atom. The molecule has 4 nitrogen and oxygen atoms in total. The first-order chi connectivity index (χ1) is 11.1. The Morgan fingerprint density at radius 1 is 1.35 bits per heavy atom. The summed E-state index contributed by atoms with van der Waals surface area (Å²) in [5.74, 6) is 0.687. The predicted octanol–water partition coefficient (Wildman–Crippen LogP) is 4.86. The summed E-state index contributed by atoms with van der Waals surface area (Å²) >= 11 is 6.08. The van der Waals surface area contributed by atoms with Gasteiger partial charge < -0.3 is 10.1 Å². The highest BCUT2D eigenvalue weighted by Gasteiger charge is 2.29. The van der Waals surface area contributed by atoms with Gasteiger partial charge in [0.25, 0.3) is 0 Å². The maximum atomic E-state index is 12.7. The van der Waals surface area contributed by atoms with Gasteiger partial charge in [-0.05, 0) is 49.2 Å². The summed E-state index contributed by atoms with van der Waals surface area (Å²) in [7, 11) is 0. The topological polar surface area (TPSA) is 41.6 Å². The zero-order chi connectivity index (χ0) is 16.4. The fraction of sp³-hybridized carbons (Fsp3) is 0.278. The Balaban J connectivity index is 1.88. The van der Waals surface area contributed by atoms with Gasteiger partial charge in [0.2, 0.25) is 0 Å². The summed E-state index contributed by atoms with van der Waals surface area (Å²) in [6, 6.07) is 12.9. The van der Waals surface area contributed by atoms with Gasteiger partial charge in [0.05, 0.1) is 12.2 Å². The van der Waals surface area contributed by atoms with Crippen LogP contribution in [0.15, 0.2) is 42.5 Å². The second kappa shape index (κ2) is 6.50. The summed E-state index contributed by atoms with van der Waals surface area (Å²) < 4.78 is 5.91. The number of amides is 2. The maximum absolute atomic E-state index is 12.7. The third-order valence-electron chi connectivity index (χ3n) is 3.86. The Bertz CT molecular complexity index is 733. The molecule has 2 amide bonds. The van der Waals surface area contributed by atoms with Crippen LogP contribution in [0.2, 0.25) is 5.02 Å². The summed E-state index contributed by atoms with van der Waals surface area (Å²) in [6.07, 6.45) is 0.808. The molecule has 3 rings (SSSR count). The van der Waals surface area contributed by atoms with Crippen LogP contribution in [0.25, 0.3) is 0 Å². The van der Waals surface area contributed by atoms with Crippen molar-refractivity contribution in [3.05, 3.63) is 53.1 Å². The molecule has 1 aliphatic rings. The second-order valence-corrected chi connectivity index (χ2v) is 6.11. The second-order valence-electron chi connectivity index (χ2n) is 5.67. The molecule has 23 heavy (non-hydrogen) atoms. The first-order valence-electron chi connectivity index (χ1n) is 7.68. The van der Waals surface area contributed by atoms with E-state index in [4.69, 9.17) is 16.3 Å². The smallest absolute Gasteiger partial charge is 0.326 e. The zero-order valence-corrected chi connectivity index (χ0v) is 13.9. The van der Waals surface area contributed by atoms with E-state index in [9.17, 15) is 4.79 Å². The van der Waals surface area contributed by atoms with E-state index in [0.29, 0.717) is 23.0 Å². The molecule has 0 fully saturated rings. The Morgan fingerprint density at radius 3 is 2.91 bits per heavy atom. The predicted molar refractivity (Wildman–Crippen MR) is 93.7 cm³/mol. The lowest BCUT2D eigenvalue weighted by atomic mass is 10.1. The van der Waals surface area contributed by atoms with Crippen molar-refractivity contribution in [2.24, 2.45) is 0 Å². The third-order valence-corrected chi connectivity index (χ3v) is 4.10. The number of nitrogens with one attached hydrogen (secondary N) is 1. The van der Waals surface area contributed by atoms with Gasteiger partial charge in [-0.25, -0.2) is 4.79 Å². The number of carbonyl (C=O) groups excluding carboxylic acids is 1. The summed E-state index contributed by atoms with van der Waals surface area (Å²) in [4.78, 5) is 14.4. The number of urea groups is 1. The molecule has 2 aromatic rings. The van der Waals surface area contributed by atoms with Gasteiger partial charge >= 0.3 is 6.03 Å². The number of hydrogen-bond acceptors (Lipinski definition) is 2. The van der Waals surface area contributed by atoms with E-state index in [1.807, 2.05) is 44.2 Å². The fourth-order valence-corrected chi connectivity index (χ4v) is 2.80. The van der Waals surface area contributed by atoms with Crippen LogP contribution in [0, 0.1) is 6.92 Å². The molecule has 0 aliphatic carbocycles. The summed E-state index contributed by atoms with van der Waals surface area (Å²) in [5.41, 5.74) is 2.57. The number of fused-ring (bicyclic) bond motifs is 1. The highest BCUT2D eigenvalue weighted by atomic mass is 35.5. The van der Waals surface area contributed by atoms with E-state index < -0.39 is 0 Å². The lowest BCUT2D eigenvalue weighted by Crippen LogP contribution is -2.45. The van der Waals surface area contributed by atoms with Crippen molar-refractivity contribution >= 4 is 29.0 Å². The number of benzene rings is 2. The molecule has 0 saturated carbocycles. The molecule has 0 spiro atoms. The maximum Gasteiger partial charge on any atom is 0.326 e. The van der Waals surface area contributed by atoms with Crippen LogP contribution in [-0.2, 0) is 0 Å². The van der Waals surface area contributed by atoms with E-state index in [1.54, 1.807) is 17.0 Å². The summed E-state index contributed by atoms with van der Waals surface area (Å²) in [6.45, 7) is 4.54. The van der Waals surface area contributed by atoms with E-state index >= 15 is 0 Å². The molecule has 120 valence electrons. The lowest BCUT2D eigenvalue weighted by Gasteiger charge is -2.34. The molecule has 1 atom stereocenters. The van der Waals surface area contributed by atoms with Crippen molar-refractivity contribution in [3.63, 3.8) is 0 Å². The lowest BCUT2D eigenvalue weighted by molar-refractivity contribution is 0.188. The Hall–Kier alpha value is -2.20. The number of hydrogen-bond donors (Lipinski definition) is 1. The average molecular weight is 331 g/mol. The number of rotatable bonds is 2. The van der Waals surface area contributed by atoms with Crippen molar-refractivity contribution in [3.8, 4) is 5.75 Å². The average Bonchev–Trinajstić information content (AvgIpc) is 2.53. The van der Waals surface area contributed by atoms with Crippen LogP contribution in [0.1, 0.15) is 18.9 Å². The van der Waals surface area contributed by atoms with Crippen LogP contribution in [0.4, 0.5) is 16.2 Å². The van der Waals surface area contributed by atoms with Gasteiger partial charge in [0.15, 0.2) is 0 Å². The highest BCUT2D eigenvalue weighted by molar-refractivity contribution is 6.31. The van der Waals surface area contributed by atoms with Gasteiger partial charge in [-0.15, -0.1) is 0 Å². The molecule has 0 radical (unpaired) electrons. The van der Waals surface area contributed by atoms with Crippen LogP contribution >= 0.6 is 11.6 Å². The van der Waals surface area contributed by atoms with Gasteiger partial charge in [0.1, 0.15) is 11.9 Å². The molecule has 0 bridgehead atoms. The largest absolute Gasteiger partial charge is 0.486 e. The van der Waals surface area contributed by atoms with E-state index in [0.717, 1.165) is 17.7 Å². The molecule has 1 aliphatic heterocycles. The van der Waals surface area contributed by atoms with Crippen molar-refractivity contribution in [1.29, 1.82) is 0 Å². The van der Waals surface area contributed by atoms with Crippen molar-refractivity contribution in [2.45, 2.75) is 26.4 Å². The molecule has 1 unspecified atom stereocenters. The van der Waals surface area contributed by atoms with Gasteiger partial charge in [-0.2, -0.15) is 0 Å². The van der Waals surface area contributed by atoms with Gasteiger partial charge in [-0.3, -0.25) is 4.90 Å². The standard InChI is InChI=1S/C18H19ClN2O2/c1-3-15-11-21(16-10-13(19)7-8-17(16)23-15)18(22)20-14-6-4-5-12(2)9-14/h4-10,15H,3,11H2,1-2H3,(H,20,22). The van der Waals surface area contributed by atoms with Crippen LogP contribution in [0.3, 0.4) is 0 Å². The molecule has 2 aromatic carbocycles. The molecule has 5 heteroatoms. The molecule has 1 heterocycles. The van der Waals surface area contributed by atoms with Gasteiger partial charge in [0, 0.05) is 10.7 Å². The quantitative estimate of drug-likeness (QED) is 0.854. The third kappa shape index (κ3) is 3.42. The first-order valence-corrected chi connectivity index (χ1v) is 8.06. The normalized spacial score (nSPS) is 16.5. The van der Waals surface area contributed by atoms with Crippen molar-refractivity contribution in [2.75, 3.05) is 16.8 Å². The number of halogens is 1. The molecular formula is C18H19ClN2O2. The van der Waals surface area contributed by atoms with E-state index in [2.05, 4.69) is 5.32 Å². The minimum Gasteiger partial charge on any atom is -0.486 e. The SMILES string of the molecule is CCC1CN(C(=O)Nc2cccc(C)c2)c2cc(Cl)ccc2O1. The number of ether oxygens (including phenoxy) is 1. The van der Waals surface area contributed by atoms with Crippen molar-refractivity contribution < 1.29 is 9.53 Å². The number of nitrogens with zero attached hydrogens (tertiary/aromatic N) is 1. The zero-order valence-electron chi connectivity index (χ0n) is 13.2. The minimum absolute atomic E-state index is 0.0214. The van der Waals surface area contributed by atoms with Gasteiger partial charge in [-0.1, -0.05) is 30.7 Å². The van der Waals surface area contributed by atoms with Crippen LogP contribution in [-0.4, -0.2) is 18.7 Å². The van der Waals surface area contributed by atoms with Crippen LogP contribution in [0.5, 0.6) is 5.75 Å². The molecule has 1 N–H and O–H groups in total.